The minimum absolute atomic E-state index is 0.0672. The molecular weight excluding hydrogens is 492 g/mol. The Hall–Kier alpha value is -2.98. The fourth-order valence-electron chi connectivity index (χ4n) is 4.36. The Morgan fingerprint density at radius 1 is 1.17 bits per heavy atom. The smallest absolute Gasteiger partial charge is 0.328 e. The lowest BCUT2D eigenvalue weighted by molar-refractivity contribution is -0.154. The largest absolute Gasteiger partial charge is 0.459 e. The van der Waals surface area contributed by atoms with Gasteiger partial charge in [0.25, 0.3) is 11.8 Å². The van der Waals surface area contributed by atoms with Crippen LogP contribution in [0.4, 0.5) is 10.5 Å². The number of halogens is 1. The lowest BCUT2D eigenvalue weighted by Crippen LogP contribution is -2.53. The molecule has 1 saturated heterocycles. The van der Waals surface area contributed by atoms with Gasteiger partial charge in [-0.05, 0) is 39.0 Å². The van der Waals surface area contributed by atoms with Gasteiger partial charge in [0.2, 0.25) is 5.54 Å². The average molecular weight is 519 g/mol. The molecule has 11 heteroatoms. The molecule has 186 valence electrons. The van der Waals surface area contributed by atoms with Crippen molar-refractivity contribution in [1.29, 1.82) is 0 Å². The molecule has 4 amide bonds. The first-order chi connectivity index (χ1) is 16.3. The lowest BCUT2D eigenvalue weighted by Gasteiger charge is -2.28. The third-order valence-corrected chi connectivity index (χ3v) is 7.29. The number of carbonyl (C=O) groups excluding carboxylic acids is 4. The maximum Gasteiger partial charge on any atom is 0.328 e. The van der Waals surface area contributed by atoms with E-state index >= 15 is 0 Å². The zero-order chi connectivity index (χ0) is 25.9. The van der Waals surface area contributed by atoms with Gasteiger partial charge in [0.05, 0.1) is 22.9 Å². The van der Waals surface area contributed by atoms with Crippen molar-refractivity contribution in [2.45, 2.75) is 58.2 Å². The maximum atomic E-state index is 13.9. The normalized spacial score (nSPS) is 20.0. The van der Waals surface area contributed by atoms with E-state index in [-0.39, 0.29) is 18.0 Å². The van der Waals surface area contributed by atoms with Crippen LogP contribution in [0.2, 0.25) is 5.02 Å². The predicted molar refractivity (Wildman–Crippen MR) is 131 cm³/mol. The van der Waals surface area contributed by atoms with Gasteiger partial charge in [0.15, 0.2) is 0 Å². The lowest BCUT2D eigenvalue weighted by atomic mass is 9.90. The number of thiazole rings is 1. The second-order valence-electron chi connectivity index (χ2n) is 9.91. The number of nitrogens with zero attached hydrogens (tertiary/aromatic N) is 4. The first kappa shape index (κ1) is 25.1. The molecule has 1 aromatic carbocycles. The van der Waals surface area contributed by atoms with E-state index in [1.165, 1.54) is 29.4 Å². The Balaban J connectivity index is 1.74. The van der Waals surface area contributed by atoms with Crippen LogP contribution in [-0.4, -0.2) is 57.8 Å². The fourth-order valence-corrected chi connectivity index (χ4v) is 5.35. The summed E-state index contributed by atoms with van der Waals surface area (Å²) in [6, 6.07) is 4.00. The van der Waals surface area contributed by atoms with Crippen LogP contribution in [0.1, 0.15) is 56.8 Å². The van der Waals surface area contributed by atoms with E-state index in [1.54, 1.807) is 38.3 Å². The van der Waals surface area contributed by atoms with Crippen LogP contribution in [0.25, 0.3) is 0 Å². The molecule has 0 saturated carbocycles. The predicted octanol–water partition coefficient (Wildman–Crippen LogP) is 3.90. The Labute approximate surface area is 212 Å². The van der Waals surface area contributed by atoms with E-state index in [2.05, 4.69) is 4.98 Å². The van der Waals surface area contributed by atoms with Crippen molar-refractivity contribution in [3.05, 3.63) is 44.9 Å². The number of anilines is 1. The van der Waals surface area contributed by atoms with Crippen molar-refractivity contribution in [3.63, 3.8) is 0 Å². The number of rotatable bonds is 5. The summed E-state index contributed by atoms with van der Waals surface area (Å²) >= 11 is 7.70. The highest BCUT2D eigenvalue weighted by Gasteiger charge is 2.67. The van der Waals surface area contributed by atoms with Crippen LogP contribution in [0.3, 0.4) is 0 Å². The van der Waals surface area contributed by atoms with Gasteiger partial charge in [-0.3, -0.25) is 24.2 Å². The molecule has 2 aliphatic heterocycles. The first-order valence-electron chi connectivity index (χ1n) is 11.1. The Morgan fingerprint density at radius 2 is 1.83 bits per heavy atom. The fraction of sp³-hybridized carbons (Fsp3) is 0.458. The molecule has 0 bridgehead atoms. The molecular formula is C24H27ClN4O5S. The number of likely N-dealkylation sites (N-methyl/N-ethyl adjacent to an activating group) is 1. The number of imide groups is 1. The molecule has 1 unspecified atom stereocenters. The van der Waals surface area contributed by atoms with Gasteiger partial charge >= 0.3 is 12.0 Å². The maximum absolute atomic E-state index is 13.9. The van der Waals surface area contributed by atoms with Crippen LogP contribution in [0.5, 0.6) is 0 Å². The molecule has 3 heterocycles. The summed E-state index contributed by atoms with van der Waals surface area (Å²) in [6.45, 7) is 8.71. The topological polar surface area (TPSA) is 100 Å². The van der Waals surface area contributed by atoms with Crippen LogP contribution < -0.4 is 4.90 Å². The number of fused-ring (bicyclic) bond motifs is 2. The number of ether oxygens (including phenoxy) is 1. The molecule has 35 heavy (non-hydrogen) atoms. The van der Waals surface area contributed by atoms with Crippen molar-refractivity contribution in [3.8, 4) is 0 Å². The number of urea groups is 1. The van der Waals surface area contributed by atoms with Crippen LogP contribution in [-0.2, 0) is 31.2 Å². The minimum Gasteiger partial charge on any atom is -0.459 e. The van der Waals surface area contributed by atoms with Crippen LogP contribution in [0.15, 0.2) is 23.6 Å². The highest BCUT2D eigenvalue weighted by molar-refractivity contribution is 7.09. The molecule has 0 N–H and O–H groups in total. The van der Waals surface area contributed by atoms with E-state index in [1.807, 2.05) is 13.8 Å². The summed E-state index contributed by atoms with van der Waals surface area (Å²) in [6.07, 6.45) is 0. The highest BCUT2D eigenvalue weighted by Crippen LogP contribution is 2.49. The summed E-state index contributed by atoms with van der Waals surface area (Å²) in [5.74, 6) is -1.84. The molecule has 4 rings (SSSR count). The summed E-state index contributed by atoms with van der Waals surface area (Å²) in [4.78, 5) is 61.5. The molecule has 2 aliphatic rings. The molecule has 1 spiro atoms. The van der Waals surface area contributed by atoms with Gasteiger partial charge < -0.3 is 9.64 Å². The van der Waals surface area contributed by atoms with E-state index in [4.69, 9.17) is 16.3 Å². The number of carbonyl (C=O) groups is 4. The van der Waals surface area contributed by atoms with Gasteiger partial charge in [0, 0.05) is 28.9 Å². The number of aromatic nitrogens is 1. The number of amides is 4. The van der Waals surface area contributed by atoms with Gasteiger partial charge in [-0.25, -0.2) is 9.78 Å². The highest BCUT2D eigenvalue weighted by atomic mass is 35.5. The van der Waals surface area contributed by atoms with Crippen molar-refractivity contribution >= 4 is 52.4 Å². The summed E-state index contributed by atoms with van der Waals surface area (Å²) in [7, 11) is 1.40. The summed E-state index contributed by atoms with van der Waals surface area (Å²) in [5.41, 5.74) is -1.57. The standard InChI is InChI=1S/C24H27ClN4O5S/c1-13(2)19-26-15(12-35-19)10-29-21(32)24(27(6)22(29)33)16-9-14(25)7-8-17(16)28(20(24)31)11-18(30)34-23(3,4)5/h7-9,12-13H,10-11H2,1-6H3. The van der Waals surface area contributed by atoms with Gasteiger partial charge in [-0.1, -0.05) is 25.4 Å². The minimum atomic E-state index is -1.96. The molecule has 1 atom stereocenters. The molecule has 1 fully saturated rings. The molecule has 0 aliphatic carbocycles. The number of hydrogen-bond acceptors (Lipinski definition) is 7. The second-order valence-corrected chi connectivity index (χ2v) is 11.2. The number of hydrogen-bond donors (Lipinski definition) is 0. The van der Waals surface area contributed by atoms with E-state index in [0.717, 1.165) is 14.8 Å². The van der Waals surface area contributed by atoms with E-state index in [9.17, 15) is 19.2 Å². The zero-order valence-corrected chi connectivity index (χ0v) is 22.0. The molecule has 0 radical (unpaired) electrons. The second kappa shape index (κ2) is 8.60. The third-order valence-electron chi connectivity index (χ3n) is 5.86. The van der Waals surface area contributed by atoms with Crippen molar-refractivity contribution < 1.29 is 23.9 Å². The summed E-state index contributed by atoms with van der Waals surface area (Å²) in [5, 5.41) is 2.99. The van der Waals surface area contributed by atoms with Gasteiger partial charge in [0.1, 0.15) is 12.1 Å². The number of benzene rings is 1. The summed E-state index contributed by atoms with van der Waals surface area (Å²) < 4.78 is 5.39. The Bertz CT molecular complexity index is 1240. The van der Waals surface area contributed by atoms with E-state index < -0.39 is 41.5 Å². The first-order valence-corrected chi connectivity index (χ1v) is 12.4. The zero-order valence-electron chi connectivity index (χ0n) is 20.4. The quantitative estimate of drug-likeness (QED) is 0.338. The Kier molecular flexibility index (Phi) is 6.17. The average Bonchev–Trinajstić information content (AvgIpc) is 3.36. The van der Waals surface area contributed by atoms with Crippen molar-refractivity contribution in [2.24, 2.45) is 0 Å². The number of esters is 1. The van der Waals surface area contributed by atoms with Gasteiger partial charge in [-0.15, -0.1) is 11.3 Å². The Morgan fingerprint density at radius 3 is 2.43 bits per heavy atom. The molecule has 9 nitrogen and oxygen atoms in total. The molecule has 1 aromatic heterocycles. The van der Waals surface area contributed by atoms with Crippen LogP contribution in [0, 0.1) is 0 Å². The van der Waals surface area contributed by atoms with Crippen molar-refractivity contribution in [2.75, 3.05) is 18.5 Å². The van der Waals surface area contributed by atoms with E-state index in [0.29, 0.717) is 16.4 Å². The monoisotopic (exact) mass is 518 g/mol. The van der Waals surface area contributed by atoms with Crippen LogP contribution >= 0.6 is 22.9 Å². The SMILES string of the molecule is CC(C)c1nc(CN2C(=O)N(C)C3(C2=O)C(=O)N(CC(=O)OC(C)(C)C)c2ccc(Cl)cc23)cs1. The molecule has 2 aromatic rings. The van der Waals surface area contributed by atoms with Gasteiger partial charge in [-0.2, -0.15) is 0 Å². The van der Waals surface area contributed by atoms with Crippen molar-refractivity contribution in [1.82, 2.24) is 14.8 Å². The third kappa shape index (κ3) is 4.08.